The maximum Gasteiger partial charge on any atom is 0.343 e. The summed E-state index contributed by atoms with van der Waals surface area (Å²) in [7, 11) is 0. The number of nitriles is 1. The number of aromatic amines is 1. The first-order valence-electron chi connectivity index (χ1n) is 7.38. The Morgan fingerprint density at radius 2 is 2.12 bits per heavy atom. The van der Waals surface area contributed by atoms with Crippen LogP contribution in [0.25, 0.3) is 10.9 Å². The molecule has 0 bridgehead atoms. The zero-order chi connectivity index (χ0) is 16.8. The Morgan fingerprint density at radius 1 is 1.33 bits per heavy atom. The Bertz CT molecular complexity index is 1100. The first kappa shape index (κ1) is 14.2. The maximum atomic E-state index is 12.5. The third kappa shape index (κ3) is 1.92. The van der Waals surface area contributed by atoms with Crippen molar-refractivity contribution in [3.8, 4) is 11.8 Å². The third-order valence-corrected chi connectivity index (χ3v) is 4.19. The quantitative estimate of drug-likeness (QED) is 0.717. The number of ether oxygens (including phenoxy) is 1. The topological polar surface area (TPSA) is 105 Å². The van der Waals surface area contributed by atoms with E-state index in [9.17, 15) is 10.1 Å². The van der Waals surface area contributed by atoms with Gasteiger partial charge in [0, 0.05) is 23.2 Å². The van der Waals surface area contributed by atoms with Crippen molar-refractivity contribution in [2.24, 2.45) is 5.73 Å². The van der Waals surface area contributed by atoms with Gasteiger partial charge in [-0.25, -0.2) is 4.79 Å². The molecular weight excluding hydrogens is 306 g/mol. The summed E-state index contributed by atoms with van der Waals surface area (Å²) < 4.78 is 10.7. The number of benzene rings is 1. The van der Waals surface area contributed by atoms with Crippen LogP contribution in [-0.2, 0) is 0 Å². The summed E-state index contributed by atoms with van der Waals surface area (Å²) in [5.74, 6) is 0.122. The molecule has 0 radical (unpaired) electrons. The SMILES string of the molecule is Cc1cc2c(c(=O)o1)C(c1c[nH]c3ccccc13)C(C#N)=C(N)O2. The van der Waals surface area contributed by atoms with Gasteiger partial charge in [0.2, 0.25) is 5.88 Å². The number of nitrogens with two attached hydrogens (primary N) is 1. The number of para-hydroxylation sites is 1. The van der Waals surface area contributed by atoms with Crippen LogP contribution in [0.1, 0.15) is 22.8 Å². The van der Waals surface area contributed by atoms with E-state index in [2.05, 4.69) is 11.1 Å². The molecule has 24 heavy (non-hydrogen) atoms. The minimum Gasteiger partial charge on any atom is -0.440 e. The number of hydrogen-bond acceptors (Lipinski definition) is 5. The molecule has 4 rings (SSSR count). The standard InChI is InChI=1S/C18H13N3O3/c1-9-6-14-16(18(22)23-9)15(11(7-19)17(20)24-14)12-8-21-13-5-3-2-4-10(12)13/h2-6,8,15,21H,20H2,1H3. The molecule has 1 aromatic carbocycles. The largest absolute Gasteiger partial charge is 0.440 e. The summed E-state index contributed by atoms with van der Waals surface area (Å²) in [5, 5.41) is 10.5. The van der Waals surface area contributed by atoms with Crippen molar-refractivity contribution < 1.29 is 9.15 Å². The fraction of sp³-hybridized carbons (Fsp3) is 0.111. The molecule has 6 nitrogen and oxygen atoms in total. The Labute approximate surface area is 136 Å². The van der Waals surface area contributed by atoms with Crippen molar-refractivity contribution in [3.63, 3.8) is 0 Å². The highest BCUT2D eigenvalue weighted by Crippen LogP contribution is 2.42. The van der Waals surface area contributed by atoms with E-state index in [0.29, 0.717) is 11.5 Å². The van der Waals surface area contributed by atoms with Gasteiger partial charge in [-0.3, -0.25) is 0 Å². The lowest BCUT2D eigenvalue weighted by Crippen LogP contribution is -2.26. The minimum atomic E-state index is -0.633. The van der Waals surface area contributed by atoms with Crippen LogP contribution in [0.15, 0.2) is 57.2 Å². The van der Waals surface area contributed by atoms with Gasteiger partial charge >= 0.3 is 5.63 Å². The number of aromatic nitrogens is 1. The van der Waals surface area contributed by atoms with Crippen LogP contribution in [0.4, 0.5) is 0 Å². The Balaban J connectivity index is 2.07. The fourth-order valence-corrected chi connectivity index (χ4v) is 3.16. The molecule has 1 aliphatic rings. The van der Waals surface area contributed by atoms with Crippen LogP contribution in [0.5, 0.6) is 5.75 Å². The summed E-state index contributed by atoms with van der Waals surface area (Å²) in [6, 6.07) is 11.3. The summed E-state index contributed by atoms with van der Waals surface area (Å²) in [6.45, 7) is 1.66. The predicted octanol–water partition coefficient (Wildman–Crippen LogP) is 2.65. The third-order valence-electron chi connectivity index (χ3n) is 4.19. The van der Waals surface area contributed by atoms with Gasteiger partial charge in [-0.15, -0.1) is 0 Å². The van der Waals surface area contributed by atoms with E-state index >= 15 is 0 Å². The highest BCUT2D eigenvalue weighted by Gasteiger charge is 2.35. The van der Waals surface area contributed by atoms with Crippen LogP contribution in [0.3, 0.4) is 0 Å². The molecule has 1 atom stereocenters. The van der Waals surface area contributed by atoms with Crippen LogP contribution >= 0.6 is 0 Å². The number of H-pyrrole nitrogens is 1. The minimum absolute atomic E-state index is 0.00489. The maximum absolute atomic E-state index is 12.5. The van der Waals surface area contributed by atoms with Gasteiger partial charge in [0.1, 0.15) is 23.2 Å². The van der Waals surface area contributed by atoms with Crippen LogP contribution < -0.4 is 16.1 Å². The monoisotopic (exact) mass is 319 g/mol. The van der Waals surface area contributed by atoms with Crippen molar-refractivity contribution in [1.82, 2.24) is 4.98 Å². The molecule has 1 unspecified atom stereocenters. The van der Waals surface area contributed by atoms with Gasteiger partial charge in [-0.2, -0.15) is 5.26 Å². The summed E-state index contributed by atoms with van der Waals surface area (Å²) >= 11 is 0. The lowest BCUT2D eigenvalue weighted by molar-refractivity contribution is 0.372. The normalized spacial score (nSPS) is 16.6. The Hall–Kier alpha value is -3.46. The van der Waals surface area contributed by atoms with Gasteiger partial charge < -0.3 is 19.9 Å². The van der Waals surface area contributed by atoms with E-state index in [0.717, 1.165) is 16.5 Å². The van der Waals surface area contributed by atoms with Crippen molar-refractivity contribution in [3.05, 3.63) is 75.3 Å². The van der Waals surface area contributed by atoms with E-state index in [1.165, 1.54) is 0 Å². The molecule has 0 saturated heterocycles. The molecule has 0 aliphatic carbocycles. The van der Waals surface area contributed by atoms with E-state index in [-0.39, 0.29) is 17.0 Å². The number of fused-ring (bicyclic) bond motifs is 2. The molecule has 0 spiro atoms. The van der Waals surface area contributed by atoms with Crippen molar-refractivity contribution in [1.29, 1.82) is 5.26 Å². The lowest BCUT2D eigenvalue weighted by Gasteiger charge is -2.24. The Kier molecular flexibility index (Phi) is 2.97. The first-order valence-corrected chi connectivity index (χ1v) is 7.38. The molecule has 1 aliphatic heterocycles. The zero-order valence-corrected chi connectivity index (χ0v) is 12.8. The average Bonchev–Trinajstić information content (AvgIpc) is 2.97. The van der Waals surface area contributed by atoms with Gasteiger partial charge in [0.05, 0.1) is 11.5 Å². The second-order valence-electron chi connectivity index (χ2n) is 5.64. The number of hydrogen-bond donors (Lipinski definition) is 2. The molecule has 118 valence electrons. The number of nitrogens with zero attached hydrogens (tertiary/aromatic N) is 1. The number of nitrogens with one attached hydrogen (secondary N) is 1. The second kappa shape index (κ2) is 5.03. The summed E-state index contributed by atoms with van der Waals surface area (Å²) in [6.07, 6.45) is 1.79. The zero-order valence-electron chi connectivity index (χ0n) is 12.8. The molecule has 3 aromatic rings. The molecule has 3 heterocycles. The Morgan fingerprint density at radius 3 is 2.92 bits per heavy atom. The molecule has 3 N–H and O–H groups in total. The van der Waals surface area contributed by atoms with E-state index in [1.54, 1.807) is 19.2 Å². The van der Waals surface area contributed by atoms with E-state index < -0.39 is 11.5 Å². The predicted molar refractivity (Wildman–Crippen MR) is 87.3 cm³/mol. The smallest absolute Gasteiger partial charge is 0.343 e. The van der Waals surface area contributed by atoms with E-state index in [4.69, 9.17) is 14.9 Å². The average molecular weight is 319 g/mol. The van der Waals surface area contributed by atoms with Crippen molar-refractivity contribution >= 4 is 10.9 Å². The molecule has 0 amide bonds. The van der Waals surface area contributed by atoms with Gasteiger partial charge in [-0.1, -0.05) is 18.2 Å². The van der Waals surface area contributed by atoms with Gasteiger partial charge in [-0.05, 0) is 18.6 Å². The van der Waals surface area contributed by atoms with Crippen molar-refractivity contribution in [2.45, 2.75) is 12.8 Å². The number of aryl methyl sites for hydroxylation is 1. The molecule has 0 saturated carbocycles. The first-order chi connectivity index (χ1) is 11.6. The van der Waals surface area contributed by atoms with Crippen LogP contribution in [0, 0.1) is 18.3 Å². The molecule has 2 aromatic heterocycles. The highest BCUT2D eigenvalue weighted by atomic mass is 16.5. The number of rotatable bonds is 1. The van der Waals surface area contributed by atoms with Crippen molar-refractivity contribution in [2.75, 3.05) is 0 Å². The highest BCUT2D eigenvalue weighted by molar-refractivity contribution is 5.85. The fourth-order valence-electron chi connectivity index (χ4n) is 3.16. The summed E-state index contributed by atoms with van der Waals surface area (Å²) in [4.78, 5) is 15.6. The van der Waals surface area contributed by atoms with Gasteiger partial charge in [0.15, 0.2) is 0 Å². The van der Waals surface area contributed by atoms with Crippen LogP contribution in [-0.4, -0.2) is 4.98 Å². The second-order valence-corrected chi connectivity index (χ2v) is 5.64. The van der Waals surface area contributed by atoms with E-state index in [1.807, 2.05) is 24.3 Å². The van der Waals surface area contributed by atoms with Crippen LogP contribution in [0.2, 0.25) is 0 Å². The lowest BCUT2D eigenvalue weighted by atomic mass is 9.84. The summed E-state index contributed by atoms with van der Waals surface area (Å²) in [5.41, 5.74) is 7.59. The molecule has 6 heteroatoms. The molecular formula is C18H13N3O3. The van der Waals surface area contributed by atoms with Gasteiger partial charge in [0.25, 0.3) is 0 Å². The molecule has 0 fully saturated rings. The number of allylic oxidation sites excluding steroid dienone is 1.